The Hall–Kier alpha value is -2.82. The molecule has 0 bridgehead atoms. The average molecular weight is 425 g/mol. The summed E-state index contributed by atoms with van der Waals surface area (Å²) in [4.78, 5) is 27.5. The molecule has 0 aliphatic heterocycles. The van der Waals surface area contributed by atoms with E-state index in [9.17, 15) is 9.59 Å². The number of carbonyl (C=O) groups excluding carboxylic acids is 2. The van der Waals surface area contributed by atoms with Crippen LogP contribution in [0.2, 0.25) is 0 Å². The second kappa shape index (κ2) is 13.5. The summed E-state index contributed by atoms with van der Waals surface area (Å²) >= 11 is 0. The lowest BCUT2D eigenvalue weighted by molar-refractivity contribution is -0.140. The monoisotopic (exact) mass is 424 g/mol. The number of aryl methyl sites for hydroxylation is 1. The van der Waals surface area contributed by atoms with Crippen LogP contribution in [0.5, 0.6) is 5.75 Å². The van der Waals surface area contributed by atoms with E-state index in [4.69, 9.17) is 4.74 Å². The van der Waals surface area contributed by atoms with Gasteiger partial charge in [-0.1, -0.05) is 61.9 Å². The highest BCUT2D eigenvalue weighted by Gasteiger charge is 2.27. The molecule has 1 atom stereocenters. The molecule has 0 aromatic heterocycles. The van der Waals surface area contributed by atoms with Crippen molar-refractivity contribution >= 4 is 11.8 Å². The van der Waals surface area contributed by atoms with Crippen LogP contribution >= 0.6 is 0 Å². The lowest BCUT2D eigenvalue weighted by atomic mass is 10.1. The molecule has 0 saturated carbocycles. The molecule has 0 unspecified atom stereocenters. The van der Waals surface area contributed by atoms with Gasteiger partial charge in [-0.05, 0) is 50.3 Å². The first-order valence-electron chi connectivity index (χ1n) is 11.4. The van der Waals surface area contributed by atoms with Crippen molar-refractivity contribution in [1.82, 2.24) is 10.2 Å². The third-order valence-corrected chi connectivity index (χ3v) is 5.24. The quantitative estimate of drug-likeness (QED) is 0.481. The molecule has 2 aromatic rings. The van der Waals surface area contributed by atoms with E-state index in [1.54, 1.807) is 4.90 Å². The molecule has 5 nitrogen and oxygen atoms in total. The minimum Gasteiger partial charge on any atom is -0.494 e. The highest BCUT2D eigenvalue weighted by atomic mass is 16.5. The second-order valence-corrected chi connectivity index (χ2v) is 7.80. The van der Waals surface area contributed by atoms with Crippen molar-refractivity contribution < 1.29 is 14.3 Å². The van der Waals surface area contributed by atoms with Gasteiger partial charge in [0.1, 0.15) is 11.8 Å². The van der Waals surface area contributed by atoms with E-state index in [0.29, 0.717) is 39.0 Å². The van der Waals surface area contributed by atoms with Gasteiger partial charge >= 0.3 is 0 Å². The number of hydrogen-bond acceptors (Lipinski definition) is 3. The third kappa shape index (κ3) is 8.44. The van der Waals surface area contributed by atoms with Gasteiger partial charge in [0.2, 0.25) is 11.8 Å². The van der Waals surface area contributed by atoms with Gasteiger partial charge in [0.05, 0.1) is 6.61 Å². The number of ether oxygens (including phenoxy) is 1. The van der Waals surface area contributed by atoms with Gasteiger partial charge in [-0.3, -0.25) is 9.59 Å². The van der Waals surface area contributed by atoms with E-state index in [-0.39, 0.29) is 11.8 Å². The number of hydrogen-bond donors (Lipinski definition) is 1. The zero-order valence-corrected chi connectivity index (χ0v) is 19.1. The molecule has 0 fully saturated rings. The lowest BCUT2D eigenvalue weighted by Gasteiger charge is -2.30. The minimum absolute atomic E-state index is 0.00179. The molecular weight excluding hydrogens is 388 g/mol. The van der Waals surface area contributed by atoms with Crippen molar-refractivity contribution in [2.75, 3.05) is 19.7 Å². The standard InChI is InChI=1S/C26H36N2O3/c1-4-18-27-26(30)24(5-2)28(19-17-22-10-7-6-8-11-22)25(29)12-9-20-31-23-15-13-21(3)14-16-23/h6-8,10-11,13-16,24H,4-5,9,12,17-20H2,1-3H3,(H,27,30)/t24-/m1/s1. The van der Waals surface area contributed by atoms with Gasteiger partial charge in [0.25, 0.3) is 0 Å². The van der Waals surface area contributed by atoms with Crippen molar-refractivity contribution in [3.63, 3.8) is 0 Å². The summed E-state index contributed by atoms with van der Waals surface area (Å²) in [7, 11) is 0. The van der Waals surface area contributed by atoms with Crippen LogP contribution in [0.3, 0.4) is 0 Å². The first-order chi connectivity index (χ1) is 15.0. The first-order valence-corrected chi connectivity index (χ1v) is 11.4. The SMILES string of the molecule is CCCNC(=O)[C@@H](CC)N(CCc1ccccc1)C(=O)CCCOc1ccc(C)cc1. The Labute approximate surface area is 186 Å². The van der Waals surface area contributed by atoms with Gasteiger partial charge in [-0.2, -0.15) is 0 Å². The van der Waals surface area contributed by atoms with Crippen LogP contribution in [0, 0.1) is 6.92 Å². The molecule has 0 heterocycles. The number of benzene rings is 2. The summed E-state index contributed by atoms with van der Waals surface area (Å²) in [6.07, 6.45) is 3.16. The summed E-state index contributed by atoms with van der Waals surface area (Å²) < 4.78 is 5.76. The largest absolute Gasteiger partial charge is 0.494 e. The Morgan fingerprint density at radius 1 is 1.03 bits per heavy atom. The molecule has 2 amide bonds. The number of rotatable bonds is 13. The van der Waals surface area contributed by atoms with E-state index in [2.05, 4.69) is 17.4 Å². The molecule has 5 heteroatoms. The predicted molar refractivity (Wildman–Crippen MR) is 125 cm³/mol. The van der Waals surface area contributed by atoms with E-state index in [1.165, 1.54) is 5.56 Å². The molecule has 2 aromatic carbocycles. The molecule has 0 aliphatic rings. The highest BCUT2D eigenvalue weighted by Crippen LogP contribution is 2.14. The van der Waals surface area contributed by atoms with Crippen molar-refractivity contribution in [3.05, 3.63) is 65.7 Å². The van der Waals surface area contributed by atoms with Crippen LogP contribution in [0.4, 0.5) is 0 Å². The van der Waals surface area contributed by atoms with Crippen LogP contribution in [0.15, 0.2) is 54.6 Å². The van der Waals surface area contributed by atoms with E-state index in [1.807, 2.05) is 63.2 Å². The number of carbonyl (C=O) groups is 2. The summed E-state index contributed by atoms with van der Waals surface area (Å²) in [5.74, 6) is 0.743. The maximum atomic E-state index is 13.1. The average Bonchev–Trinajstić information content (AvgIpc) is 2.79. The van der Waals surface area contributed by atoms with Crippen molar-refractivity contribution in [3.8, 4) is 5.75 Å². The molecular formula is C26H36N2O3. The Balaban J connectivity index is 1.96. The van der Waals surface area contributed by atoms with Crippen LogP contribution in [-0.2, 0) is 16.0 Å². The molecule has 31 heavy (non-hydrogen) atoms. The van der Waals surface area contributed by atoms with Gasteiger partial charge < -0.3 is 15.0 Å². The smallest absolute Gasteiger partial charge is 0.242 e. The Kier molecular flexibility index (Phi) is 10.6. The van der Waals surface area contributed by atoms with Crippen LogP contribution in [0.25, 0.3) is 0 Å². The molecule has 2 rings (SSSR count). The maximum Gasteiger partial charge on any atom is 0.242 e. The second-order valence-electron chi connectivity index (χ2n) is 7.80. The van der Waals surface area contributed by atoms with E-state index in [0.717, 1.165) is 24.2 Å². The molecule has 168 valence electrons. The van der Waals surface area contributed by atoms with Crippen LogP contribution < -0.4 is 10.1 Å². The van der Waals surface area contributed by atoms with Gasteiger partial charge in [-0.25, -0.2) is 0 Å². The first kappa shape index (κ1) is 24.4. The Bertz CT molecular complexity index is 790. The molecule has 0 spiro atoms. The van der Waals surface area contributed by atoms with Crippen molar-refractivity contribution in [2.45, 2.75) is 58.9 Å². The zero-order chi connectivity index (χ0) is 22.5. The summed E-state index contributed by atoms with van der Waals surface area (Å²) in [5, 5.41) is 2.95. The van der Waals surface area contributed by atoms with Crippen molar-refractivity contribution in [1.29, 1.82) is 0 Å². The van der Waals surface area contributed by atoms with E-state index >= 15 is 0 Å². The van der Waals surface area contributed by atoms with Gasteiger partial charge in [-0.15, -0.1) is 0 Å². The predicted octanol–water partition coefficient (Wildman–Crippen LogP) is 4.53. The van der Waals surface area contributed by atoms with Crippen LogP contribution in [0.1, 0.15) is 50.7 Å². The molecule has 1 N–H and O–H groups in total. The highest BCUT2D eigenvalue weighted by molar-refractivity contribution is 5.87. The Morgan fingerprint density at radius 3 is 2.39 bits per heavy atom. The summed E-state index contributed by atoms with van der Waals surface area (Å²) in [5.41, 5.74) is 2.34. The minimum atomic E-state index is -0.444. The van der Waals surface area contributed by atoms with Gasteiger partial charge in [0, 0.05) is 19.5 Å². The zero-order valence-electron chi connectivity index (χ0n) is 19.1. The van der Waals surface area contributed by atoms with Crippen LogP contribution in [-0.4, -0.2) is 42.5 Å². The number of nitrogens with zero attached hydrogens (tertiary/aromatic N) is 1. The number of nitrogens with one attached hydrogen (secondary N) is 1. The molecule has 0 saturated heterocycles. The molecule has 0 radical (unpaired) electrons. The maximum absolute atomic E-state index is 13.1. The normalized spacial score (nSPS) is 11.6. The topological polar surface area (TPSA) is 58.6 Å². The van der Waals surface area contributed by atoms with E-state index < -0.39 is 6.04 Å². The third-order valence-electron chi connectivity index (χ3n) is 5.24. The number of amides is 2. The summed E-state index contributed by atoms with van der Waals surface area (Å²) in [6, 6.07) is 17.5. The van der Waals surface area contributed by atoms with Gasteiger partial charge in [0.15, 0.2) is 0 Å². The summed E-state index contributed by atoms with van der Waals surface area (Å²) in [6.45, 7) is 7.64. The fourth-order valence-corrected chi connectivity index (χ4v) is 3.45. The fraction of sp³-hybridized carbons (Fsp3) is 0.462. The molecule has 0 aliphatic carbocycles. The fourth-order valence-electron chi connectivity index (χ4n) is 3.45. The Morgan fingerprint density at radius 2 is 1.74 bits per heavy atom. The van der Waals surface area contributed by atoms with Crippen molar-refractivity contribution in [2.24, 2.45) is 0 Å². The lowest BCUT2D eigenvalue weighted by Crippen LogP contribution is -2.50.